The van der Waals surface area contributed by atoms with Crippen molar-refractivity contribution in [3.8, 4) is 0 Å². The van der Waals surface area contributed by atoms with Gasteiger partial charge in [0.15, 0.2) is 0 Å². The van der Waals surface area contributed by atoms with E-state index in [-0.39, 0.29) is 0 Å². The average Bonchev–Trinajstić information content (AvgIpc) is 2.02. The predicted molar refractivity (Wildman–Crippen MR) is 52.6 cm³/mol. The van der Waals surface area contributed by atoms with Gasteiger partial charge < -0.3 is 10.8 Å². The Morgan fingerprint density at radius 3 is 2.85 bits per heavy atom. The molecule has 0 aliphatic heterocycles. The molecule has 1 aliphatic rings. The summed E-state index contributed by atoms with van der Waals surface area (Å²) in [4.78, 5) is 0. The van der Waals surface area contributed by atoms with Gasteiger partial charge in [-0.05, 0) is 11.6 Å². The Balaban J connectivity index is 2.69. The Bertz CT molecular complexity index is 369. The molecular weight excluding hydrogens is 164 g/mol. The second-order valence-corrected chi connectivity index (χ2v) is 3.34. The highest BCUT2D eigenvalue weighted by Crippen LogP contribution is 2.33. The lowest BCUT2D eigenvalue weighted by Gasteiger charge is -2.28. The summed E-state index contributed by atoms with van der Waals surface area (Å²) in [5.41, 5.74) is 12.2. The SMILES string of the molecule is Nc1cccc2c1C(N)(O)CC=C2. The number of hydrogen-bond acceptors (Lipinski definition) is 3. The van der Waals surface area contributed by atoms with Crippen LogP contribution in [0.4, 0.5) is 5.69 Å². The van der Waals surface area contributed by atoms with Crippen molar-refractivity contribution in [3.05, 3.63) is 35.4 Å². The van der Waals surface area contributed by atoms with Crippen LogP contribution in [0.3, 0.4) is 0 Å². The van der Waals surface area contributed by atoms with E-state index < -0.39 is 5.72 Å². The second kappa shape index (κ2) is 2.58. The van der Waals surface area contributed by atoms with Gasteiger partial charge >= 0.3 is 0 Å². The zero-order valence-corrected chi connectivity index (χ0v) is 7.20. The second-order valence-electron chi connectivity index (χ2n) is 3.34. The largest absolute Gasteiger partial charge is 0.398 e. The van der Waals surface area contributed by atoms with Crippen LogP contribution >= 0.6 is 0 Å². The molecule has 0 radical (unpaired) electrons. The fraction of sp³-hybridized carbons (Fsp3) is 0.200. The van der Waals surface area contributed by atoms with Crippen molar-refractivity contribution in [2.75, 3.05) is 5.73 Å². The van der Waals surface area contributed by atoms with Gasteiger partial charge in [-0.25, -0.2) is 0 Å². The van der Waals surface area contributed by atoms with E-state index in [1.54, 1.807) is 6.07 Å². The van der Waals surface area contributed by atoms with Gasteiger partial charge in [0.25, 0.3) is 0 Å². The highest BCUT2D eigenvalue weighted by atomic mass is 16.3. The van der Waals surface area contributed by atoms with Gasteiger partial charge in [0, 0.05) is 17.7 Å². The Hall–Kier alpha value is -1.32. The molecule has 1 unspecified atom stereocenters. The normalized spacial score (nSPS) is 25.7. The summed E-state index contributed by atoms with van der Waals surface area (Å²) in [6.07, 6.45) is 4.18. The predicted octanol–water partition coefficient (Wildman–Crippen LogP) is 0.790. The molecule has 0 spiro atoms. The summed E-state index contributed by atoms with van der Waals surface area (Å²) in [6, 6.07) is 5.48. The van der Waals surface area contributed by atoms with Crippen LogP contribution in [0, 0.1) is 0 Å². The first-order valence-electron chi connectivity index (χ1n) is 4.18. The molecule has 0 aromatic heterocycles. The summed E-state index contributed by atoms with van der Waals surface area (Å²) in [5, 5.41) is 9.85. The minimum Gasteiger partial charge on any atom is -0.398 e. The first kappa shape index (κ1) is 8.29. The third kappa shape index (κ3) is 1.22. The number of rotatable bonds is 0. The van der Waals surface area contributed by atoms with Gasteiger partial charge in [0.05, 0.1) is 0 Å². The molecule has 3 heteroatoms. The zero-order valence-electron chi connectivity index (χ0n) is 7.20. The van der Waals surface area contributed by atoms with E-state index in [0.29, 0.717) is 17.7 Å². The number of benzene rings is 1. The molecule has 1 aromatic carbocycles. The van der Waals surface area contributed by atoms with Gasteiger partial charge in [-0.2, -0.15) is 0 Å². The quantitative estimate of drug-likeness (QED) is 0.404. The van der Waals surface area contributed by atoms with E-state index in [2.05, 4.69) is 0 Å². The maximum atomic E-state index is 9.85. The van der Waals surface area contributed by atoms with Crippen molar-refractivity contribution in [1.82, 2.24) is 0 Å². The van der Waals surface area contributed by atoms with Crippen molar-refractivity contribution < 1.29 is 5.11 Å². The maximum absolute atomic E-state index is 9.85. The van der Waals surface area contributed by atoms with Crippen LogP contribution in [0.25, 0.3) is 6.08 Å². The molecular formula is C10H12N2O. The van der Waals surface area contributed by atoms with E-state index in [0.717, 1.165) is 5.56 Å². The Morgan fingerprint density at radius 1 is 1.38 bits per heavy atom. The van der Waals surface area contributed by atoms with Crippen molar-refractivity contribution in [1.29, 1.82) is 0 Å². The van der Waals surface area contributed by atoms with Gasteiger partial charge in [-0.15, -0.1) is 0 Å². The number of nitrogen functional groups attached to an aromatic ring is 1. The highest BCUT2D eigenvalue weighted by Gasteiger charge is 2.29. The maximum Gasteiger partial charge on any atom is 0.145 e. The van der Waals surface area contributed by atoms with Gasteiger partial charge in [-0.3, -0.25) is 5.73 Å². The summed E-state index contributed by atoms with van der Waals surface area (Å²) in [5.74, 6) is 0. The summed E-state index contributed by atoms with van der Waals surface area (Å²) >= 11 is 0. The lowest BCUT2D eigenvalue weighted by atomic mass is 9.89. The molecule has 1 aromatic rings. The number of aliphatic hydroxyl groups is 1. The summed E-state index contributed by atoms with van der Waals surface area (Å²) < 4.78 is 0. The van der Waals surface area contributed by atoms with E-state index in [9.17, 15) is 5.11 Å². The van der Waals surface area contributed by atoms with Crippen molar-refractivity contribution in [2.45, 2.75) is 12.1 Å². The van der Waals surface area contributed by atoms with Gasteiger partial charge in [0.2, 0.25) is 0 Å². The number of nitrogens with two attached hydrogens (primary N) is 2. The van der Waals surface area contributed by atoms with Gasteiger partial charge in [-0.1, -0.05) is 24.3 Å². The van der Waals surface area contributed by atoms with Crippen LogP contribution in [0.5, 0.6) is 0 Å². The van der Waals surface area contributed by atoms with Gasteiger partial charge in [0.1, 0.15) is 5.72 Å². The van der Waals surface area contributed by atoms with Crippen LogP contribution in [-0.4, -0.2) is 5.11 Å². The molecule has 68 valence electrons. The smallest absolute Gasteiger partial charge is 0.145 e. The molecule has 3 nitrogen and oxygen atoms in total. The standard InChI is InChI=1S/C10H12N2O/c11-8-5-1-3-7-4-2-6-10(12,13)9(7)8/h1-5,13H,6,11-12H2. The van der Waals surface area contributed by atoms with E-state index >= 15 is 0 Å². The minimum absolute atomic E-state index is 0.411. The van der Waals surface area contributed by atoms with Crippen LogP contribution < -0.4 is 11.5 Å². The molecule has 5 N–H and O–H groups in total. The van der Waals surface area contributed by atoms with E-state index in [4.69, 9.17) is 11.5 Å². The van der Waals surface area contributed by atoms with Crippen LogP contribution in [0.2, 0.25) is 0 Å². The molecule has 0 heterocycles. The first-order chi connectivity index (χ1) is 6.11. The number of fused-ring (bicyclic) bond motifs is 1. The lowest BCUT2D eigenvalue weighted by Crippen LogP contribution is -2.38. The van der Waals surface area contributed by atoms with Crippen molar-refractivity contribution in [2.24, 2.45) is 5.73 Å². The van der Waals surface area contributed by atoms with Crippen molar-refractivity contribution in [3.63, 3.8) is 0 Å². The number of hydrogen-bond donors (Lipinski definition) is 3. The topological polar surface area (TPSA) is 72.3 Å². The van der Waals surface area contributed by atoms with Crippen molar-refractivity contribution >= 4 is 11.8 Å². The third-order valence-electron chi connectivity index (χ3n) is 2.29. The Morgan fingerprint density at radius 2 is 2.15 bits per heavy atom. The van der Waals surface area contributed by atoms with Crippen LogP contribution in [0.1, 0.15) is 17.5 Å². The van der Waals surface area contributed by atoms with E-state index in [1.807, 2.05) is 24.3 Å². The molecule has 13 heavy (non-hydrogen) atoms. The minimum atomic E-state index is -1.31. The van der Waals surface area contributed by atoms with Crippen LogP contribution in [-0.2, 0) is 5.72 Å². The highest BCUT2D eigenvalue weighted by molar-refractivity contribution is 5.66. The fourth-order valence-corrected chi connectivity index (χ4v) is 1.70. The monoisotopic (exact) mass is 176 g/mol. The first-order valence-corrected chi connectivity index (χ1v) is 4.18. The number of anilines is 1. The molecule has 0 bridgehead atoms. The average molecular weight is 176 g/mol. The van der Waals surface area contributed by atoms with Crippen LogP contribution in [0.15, 0.2) is 24.3 Å². The summed E-state index contributed by atoms with van der Waals surface area (Å²) in [7, 11) is 0. The summed E-state index contributed by atoms with van der Waals surface area (Å²) in [6.45, 7) is 0. The van der Waals surface area contributed by atoms with E-state index in [1.165, 1.54) is 0 Å². The Labute approximate surface area is 76.7 Å². The molecule has 1 atom stereocenters. The third-order valence-corrected chi connectivity index (χ3v) is 2.29. The fourth-order valence-electron chi connectivity index (χ4n) is 1.70. The molecule has 0 fully saturated rings. The molecule has 0 saturated carbocycles. The molecule has 0 amide bonds. The molecule has 2 rings (SSSR count). The molecule has 1 aliphatic carbocycles. The molecule has 0 saturated heterocycles. The zero-order chi connectivity index (χ0) is 9.47. The Kier molecular flexibility index (Phi) is 1.65. The lowest BCUT2D eigenvalue weighted by molar-refractivity contribution is 0.0463.